The fourth-order valence-electron chi connectivity index (χ4n) is 1.99. The van der Waals surface area contributed by atoms with Gasteiger partial charge >= 0.3 is 0 Å². The van der Waals surface area contributed by atoms with Crippen LogP contribution in [0.1, 0.15) is 33.3 Å². The number of halogens is 2. The van der Waals surface area contributed by atoms with Crippen molar-refractivity contribution in [2.45, 2.75) is 39.8 Å². The summed E-state index contributed by atoms with van der Waals surface area (Å²) in [6.07, 6.45) is 3.27. The largest absolute Gasteiger partial charge is 0.334 e. The molecule has 0 aromatic heterocycles. The highest BCUT2D eigenvalue weighted by Crippen LogP contribution is 2.22. The van der Waals surface area contributed by atoms with E-state index in [2.05, 4.69) is 0 Å². The molecule has 19 heavy (non-hydrogen) atoms. The van der Waals surface area contributed by atoms with Gasteiger partial charge in [-0.05, 0) is 51.5 Å². The van der Waals surface area contributed by atoms with E-state index in [0.29, 0.717) is 10.0 Å². The maximum Gasteiger partial charge on any atom is 0.247 e. The molecule has 0 radical (unpaired) electrons. The Labute approximate surface area is 125 Å². The van der Waals surface area contributed by atoms with Crippen molar-refractivity contribution in [3.63, 3.8) is 0 Å². The number of benzene rings is 1. The van der Waals surface area contributed by atoms with Crippen molar-refractivity contribution in [2.24, 2.45) is 0 Å². The summed E-state index contributed by atoms with van der Waals surface area (Å²) >= 11 is 11.9. The van der Waals surface area contributed by atoms with Crippen molar-refractivity contribution in [1.29, 1.82) is 0 Å². The van der Waals surface area contributed by atoms with Crippen molar-refractivity contribution in [3.05, 3.63) is 39.9 Å². The van der Waals surface area contributed by atoms with Gasteiger partial charge in [0, 0.05) is 28.2 Å². The molecule has 0 heterocycles. The third kappa shape index (κ3) is 4.55. The van der Waals surface area contributed by atoms with E-state index in [1.54, 1.807) is 30.4 Å². The molecule has 4 heteroatoms. The summed E-state index contributed by atoms with van der Waals surface area (Å²) in [6.45, 7) is 8.00. The van der Waals surface area contributed by atoms with Gasteiger partial charge in [0.25, 0.3) is 0 Å². The highest BCUT2D eigenvalue weighted by Gasteiger charge is 2.17. The van der Waals surface area contributed by atoms with E-state index in [-0.39, 0.29) is 18.0 Å². The lowest BCUT2D eigenvalue weighted by atomic mass is 10.2. The molecule has 0 saturated heterocycles. The molecule has 0 N–H and O–H groups in total. The molecular weight excluding hydrogens is 281 g/mol. The molecule has 1 amide bonds. The van der Waals surface area contributed by atoms with Crippen LogP contribution in [-0.2, 0) is 4.79 Å². The summed E-state index contributed by atoms with van der Waals surface area (Å²) in [4.78, 5) is 14.0. The lowest BCUT2D eigenvalue weighted by Gasteiger charge is -2.29. The van der Waals surface area contributed by atoms with Crippen molar-refractivity contribution in [2.75, 3.05) is 0 Å². The number of hydrogen-bond acceptors (Lipinski definition) is 1. The van der Waals surface area contributed by atoms with Crippen LogP contribution in [0, 0.1) is 0 Å². The van der Waals surface area contributed by atoms with Gasteiger partial charge in [0.15, 0.2) is 0 Å². The Morgan fingerprint density at radius 2 is 1.74 bits per heavy atom. The molecule has 0 fully saturated rings. The van der Waals surface area contributed by atoms with Crippen LogP contribution in [0.3, 0.4) is 0 Å². The minimum atomic E-state index is -0.0176. The third-order valence-corrected chi connectivity index (χ3v) is 3.30. The molecular formula is C15H19Cl2NO. The van der Waals surface area contributed by atoms with Crippen LogP contribution in [0.2, 0.25) is 10.0 Å². The minimum Gasteiger partial charge on any atom is -0.334 e. The van der Waals surface area contributed by atoms with Crippen molar-refractivity contribution >= 4 is 35.2 Å². The molecule has 1 aromatic rings. The number of amides is 1. The summed E-state index contributed by atoms with van der Waals surface area (Å²) in [5.74, 6) is -0.0176. The number of nitrogens with zero attached hydrogens (tertiary/aromatic N) is 1. The minimum absolute atomic E-state index is 0.0176. The van der Waals surface area contributed by atoms with E-state index >= 15 is 0 Å². The normalized spacial score (nSPS) is 11.6. The first kappa shape index (κ1) is 16.1. The van der Waals surface area contributed by atoms with Crippen LogP contribution in [0.25, 0.3) is 6.08 Å². The first-order chi connectivity index (χ1) is 8.82. The van der Waals surface area contributed by atoms with Crippen LogP contribution in [0.15, 0.2) is 24.3 Å². The van der Waals surface area contributed by atoms with Crippen LogP contribution in [0.4, 0.5) is 0 Å². The zero-order valence-corrected chi connectivity index (χ0v) is 13.2. The molecule has 0 aliphatic heterocycles. The van der Waals surface area contributed by atoms with Gasteiger partial charge in [-0.2, -0.15) is 0 Å². The molecule has 1 aromatic carbocycles. The first-order valence-electron chi connectivity index (χ1n) is 6.28. The zero-order valence-electron chi connectivity index (χ0n) is 11.7. The molecule has 1 rings (SSSR count). The van der Waals surface area contributed by atoms with Gasteiger partial charge < -0.3 is 4.90 Å². The quantitative estimate of drug-likeness (QED) is 0.741. The molecule has 0 saturated carbocycles. The molecule has 0 spiro atoms. The van der Waals surface area contributed by atoms with Crippen LogP contribution < -0.4 is 0 Å². The Morgan fingerprint density at radius 1 is 1.16 bits per heavy atom. The van der Waals surface area contributed by atoms with E-state index in [4.69, 9.17) is 23.2 Å². The predicted molar refractivity (Wildman–Crippen MR) is 82.6 cm³/mol. The Bertz CT molecular complexity index is 473. The number of rotatable bonds is 4. The first-order valence-corrected chi connectivity index (χ1v) is 7.04. The second-order valence-corrected chi connectivity index (χ2v) is 5.78. The third-order valence-electron chi connectivity index (χ3n) is 2.74. The standard InChI is InChI=1S/C15H19Cl2NO/c1-10(2)18(11(3)4)15(19)8-6-12-5-7-13(16)9-14(12)17/h5-11H,1-4H3/b8-6+. The molecule has 0 aliphatic rings. The highest BCUT2D eigenvalue weighted by atomic mass is 35.5. The van der Waals surface area contributed by atoms with E-state index in [0.717, 1.165) is 5.56 Å². The monoisotopic (exact) mass is 299 g/mol. The van der Waals surface area contributed by atoms with Crippen LogP contribution >= 0.6 is 23.2 Å². The number of carbonyl (C=O) groups excluding carboxylic acids is 1. The van der Waals surface area contributed by atoms with Gasteiger partial charge in [0.2, 0.25) is 5.91 Å². The van der Waals surface area contributed by atoms with Gasteiger partial charge in [-0.1, -0.05) is 29.3 Å². The number of hydrogen-bond donors (Lipinski definition) is 0. The lowest BCUT2D eigenvalue weighted by molar-refractivity contribution is -0.129. The summed E-state index contributed by atoms with van der Waals surface area (Å²) in [6, 6.07) is 5.54. The topological polar surface area (TPSA) is 20.3 Å². The fourth-order valence-corrected chi connectivity index (χ4v) is 2.46. The van der Waals surface area contributed by atoms with E-state index in [1.807, 2.05) is 32.6 Å². The summed E-state index contributed by atoms with van der Waals surface area (Å²) < 4.78 is 0. The van der Waals surface area contributed by atoms with Gasteiger partial charge in [-0.3, -0.25) is 4.79 Å². The van der Waals surface area contributed by atoms with Crippen molar-refractivity contribution < 1.29 is 4.79 Å². The predicted octanol–water partition coefficient (Wildman–Crippen LogP) is 4.65. The molecule has 0 atom stereocenters. The van der Waals surface area contributed by atoms with Crippen molar-refractivity contribution in [1.82, 2.24) is 4.90 Å². The van der Waals surface area contributed by atoms with E-state index in [1.165, 1.54) is 0 Å². The average molecular weight is 300 g/mol. The van der Waals surface area contributed by atoms with Crippen LogP contribution in [-0.4, -0.2) is 22.9 Å². The number of carbonyl (C=O) groups is 1. The zero-order chi connectivity index (χ0) is 14.6. The summed E-state index contributed by atoms with van der Waals surface area (Å²) in [5.41, 5.74) is 0.784. The van der Waals surface area contributed by atoms with E-state index in [9.17, 15) is 4.79 Å². The Kier molecular flexibility index (Phi) is 5.89. The van der Waals surface area contributed by atoms with Gasteiger partial charge in [-0.15, -0.1) is 0 Å². The van der Waals surface area contributed by atoms with Gasteiger partial charge in [0.1, 0.15) is 0 Å². The smallest absolute Gasteiger partial charge is 0.247 e. The Balaban J connectivity index is 2.88. The molecule has 104 valence electrons. The maximum absolute atomic E-state index is 12.1. The lowest BCUT2D eigenvalue weighted by Crippen LogP contribution is -2.41. The second-order valence-electron chi connectivity index (χ2n) is 4.93. The maximum atomic E-state index is 12.1. The molecule has 0 bridgehead atoms. The second kappa shape index (κ2) is 6.97. The molecule has 0 aliphatic carbocycles. The van der Waals surface area contributed by atoms with Gasteiger partial charge in [-0.25, -0.2) is 0 Å². The SMILES string of the molecule is CC(C)N(C(=O)/C=C/c1ccc(Cl)cc1Cl)C(C)C. The molecule has 2 nitrogen and oxygen atoms in total. The molecule has 0 unspecified atom stereocenters. The summed E-state index contributed by atoms with van der Waals surface area (Å²) in [7, 11) is 0. The Morgan fingerprint density at radius 3 is 2.21 bits per heavy atom. The van der Waals surface area contributed by atoms with Crippen molar-refractivity contribution in [3.8, 4) is 0 Å². The van der Waals surface area contributed by atoms with E-state index < -0.39 is 0 Å². The summed E-state index contributed by atoms with van der Waals surface area (Å²) in [5, 5.41) is 1.12. The van der Waals surface area contributed by atoms with Crippen LogP contribution in [0.5, 0.6) is 0 Å². The average Bonchev–Trinajstić information content (AvgIpc) is 2.26. The highest BCUT2D eigenvalue weighted by molar-refractivity contribution is 6.35. The fraction of sp³-hybridized carbons (Fsp3) is 0.400. The Hall–Kier alpha value is -0.990. The van der Waals surface area contributed by atoms with Gasteiger partial charge in [0.05, 0.1) is 0 Å².